The molecule has 2 rings (SSSR count). The van der Waals surface area contributed by atoms with Gasteiger partial charge in [0.15, 0.2) is 0 Å². The zero-order chi connectivity index (χ0) is 11.4. The Hall–Kier alpha value is -1.54. The Morgan fingerprint density at radius 3 is 2.56 bits per heavy atom. The smallest absolute Gasteiger partial charge is 0.255 e. The lowest BCUT2D eigenvalue weighted by atomic mass is 10.1. The summed E-state index contributed by atoms with van der Waals surface area (Å²) in [6, 6.07) is 7.07. The third-order valence-electron chi connectivity index (χ3n) is 2.36. The third kappa shape index (κ3) is 2.74. The molecule has 0 saturated carbocycles. The number of amides is 1. The van der Waals surface area contributed by atoms with Crippen LogP contribution in [0.25, 0.3) is 0 Å². The van der Waals surface area contributed by atoms with Crippen LogP contribution in [0.3, 0.4) is 0 Å². The fraction of sp³-hybridized carbons (Fsp3) is 0.154. The van der Waals surface area contributed by atoms with Crippen LogP contribution >= 0.6 is 11.6 Å². The first-order chi connectivity index (χ1) is 7.75. The summed E-state index contributed by atoms with van der Waals surface area (Å²) in [6.45, 7) is 0. The van der Waals surface area contributed by atoms with Gasteiger partial charge in [-0.2, -0.15) is 0 Å². The zero-order valence-electron chi connectivity index (χ0n) is 8.74. The lowest BCUT2D eigenvalue weighted by molar-refractivity contribution is -0.112. The van der Waals surface area contributed by atoms with Gasteiger partial charge in [-0.25, -0.2) is 0 Å². The van der Waals surface area contributed by atoms with Crippen LogP contribution in [0.1, 0.15) is 12.8 Å². The minimum atomic E-state index is -0.0710. The molecule has 1 N–H and O–H groups in total. The highest BCUT2D eigenvalue weighted by molar-refractivity contribution is 6.30. The first-order valence-corrected chi connectivity index (χ1v) is 5.57. The Labute approximate surface area is 99.6 Å². The number of hydrogen-bond donors (Lipinski definition) is 1. The number of hydrogen-bond acceptors (Lipinski definition) is 1. The second-order valence-corrected chi connectivity index (χ2v) is 4.04. The average Bonchev–Trinajstić information content (AvgIpc) is 2.33. The summed E-state index contributed by atoms with van der Waals surface area (Å²) in [4.78, 5) is 11.8. The molecule has 1 aromatic rings. The number of rotatable bonds is 2. The molecular formula is C13H12ClNO. The van der Waals surface area contributed by atoms with Crippen LogP contribution in [0.2, 0.25) is 5.02 Å². The molecule has 2 nitrogen and oxygen atoms in total. The van der Waals surface area contributed by atoms with E-state index in [-0.39, 0.29) is 5.91 Å². The summed E-state index contributed by atoms with van der Waals surface area (Å²) >= 11 is 5.76. The molecule has 0 bridgehead atoms. The van der Waals surface area contributed by atoms with Crippen molar-refractivity contribution >= 4 is 23.2 Å². The van der Waals surface area contributed by atoms with Crippen molar-refractivity contribution < 1.29 is 4.79 Å². The maximum Gasteiger partial charge on any atom is 0.255 e. The molecule has 3 heteroatoms. The van der Waals surface area contributed by atoms with Gasteiger partial charge in [-0.1, -0.05) is 29.8 Å². The van der Waals surface area contributed by atoms with E-state index in [9.17, 15) is 4.79 Å². The van der Waals surface area contributed by atoms with Gasteiger partial charge in [0.05, 0.1) is 0 Å². The van der Waals surface area contributed by atoms with E-state index in [1.54, 1.807) is 24.3 Å². The summed E-state index contributed by atoms with van der Waals surface area (Å²) < 4.78 is 0. The molecular weight excluding hydrogens is 222 g/mol. The quantitative estimate of drug-likeness (QED) is 0.832. The minimum absolute atomic E-state index is 0.0710. The molecule has 1 aromatic carbocycles. The molecule has 16 heavy (non-hydrogen) atoms. The lowest BCUT2D eigenvalue weighted by Gasteiger charge is -2.08. The van der Waals surface area contributed by atoms with Crippen LogP contribution in [0.5, 0.6) is 0 Å². The Balaban J connectivity index is 2.04. The topological polar surface area (TPSA) is 29.1 Å². The van der Waals surface area contributed by atoms with Crippen molar-refractivity contribution in [2.45, 2.75) is 12.8 Å². The Morgan fingerprint density at radius 1 is 1.19 bits per heavy atom. The summed E-state index contributed by atoms with van der Waals surface area (Å²) in [7, 11) is 0. The highest BCUT2D eigenvalue weighted by Gasteiger charge is 2.08. The van der Waals surface area contributed by atoms with Gasteiger partial charge in [0, 0.05) is 16.3 Å². The third-order valence-corrected chi connectivity index (χ3v) is 2.61. The Kier molecular flexibility index (Phi) is 3.42. The van der Waals surface area contributed by atoms with Gasteiger partial charge < -0.3 is 5.32 Å². The SMILES string of the molecule is O=C(Nc1ccc(Cl)cc1)C1=CCCC=C1. The fourth-order valence-electron chi connectivity index (χ4n) is 1.52. The molecule has 0 heterocycles. The predicted molar refractivity (Wildman–Crippen MR) is 66.5 cm³/mol. The van der Waals surface area contributed by atoms with Crippen molar-refractivity contribution in [2.24, 2.45) is 0 Å². The Bertz CT molecular complexity index is 446. The molecule has 0 atom stereocenters. The molecule has 1 amide bonds. The highest BCUT2D eigenvalue weighted by atomic mass is 35.5. The van der Waals surface area contributed by atoms with E-state index >= 15 is 0 Å². The summed E-state index contributed by atoms with van der Waals surface area (Å²) in [5.41, 5.74) is 1.48. The van der Waals surface area contributed by atoms with Crippen LogP contribution < -0.4 is 5.32 Å². The normalized spacial score (nSPS) is 14.4. The summed E-state index contributed by atoms with van der Waals surface area (Å²) in [5.74, 6) is -0.0710. The highest BCUT2D eigenvalue weighted by Crippen LogP contribution is 2.16. The van der Waals surface area contributed by atoms with Crippen molar-refractivity contribution in [2.75, 3.05) is 5.32 Å². The van der Waals surface area contributed by atoms with Crippen molar-refractivity contribution in [3.63, 3.8) is 0 Å². The van der Waals surface area contributed by atoms with E-state index in [1.165, 1.54) is 0 Å². The van der Waals surface area contributed by atoms with Crippen molar-refractivity contribution in [1.82, 2.24) is 0 Å². The number of nitrogens with one attached hydrogen (secondary N) is 1. The van der Waals surface area contributed by atoms with Gasteiger partial charge >= 0.3 is 0 Å². The maximum absolute atomic E-state index is 11.8. The molecule has 0 aromatic heterocycles. The van der Waals surface area contributed by atoms with Gasteiger partial charge in [-0.15, -0.1) is 0 Å². The zero-order valence-corrected chi connectivity index (χ0v) is 9.50. The number of carbonyl (C=O) groups excluding carboxylic acids is 1. The summed E-state index contributed by atoms with van der Waals surface area (Å²) in [6.07, 6.45) is 7.76. The molecule has 82 valence electrons. The predicted octanol–water partition coefficient (Wildman–Crippen LogP) is 3.55. The average molecular weight is 234 g/mol. The minimum Gasteiger partial charge on any atom is -0.322 e. The van der Waals surface area contributed by atoms with Crippen LogP contribution in [-0.2, 0) is 4.79 Å². The monoisotopic (exact) mass is 233 g/mol. The van der Waals surface area contributed by atoms with E-state index in [4.69, 9.17) is 11.6 Å². The van der Waals surface area contributed by atoms with Crippen LogP contribution in [0.15, 0.2) is 48.1 Å². The van der Waals surface area contributed by atoms with Gasteiger partial charge in [-0.05, 0) is 37.1 Å². The molecule has 0 saturated heterocycles. The van der Waals surface area contributed by atoms with E-state index in [2.05, 4.69) is 5.32 Å². The second-order valence-electron chi connectivity index (χ2n) is 3.60. The number of carbonyl (C=O) groups is 1. The molecule has 0 fully saturated rings. The van der Waals surface area contributed by atoms with E-state index < -0.39 is 0 Å². The van der Waals surface area contributed by atoms with Crippen molar-refractivity contribution in [3.05, 3.63) is 53.1 Å². The largest absolute Gasteiger partial charge is 0.322 e. The van der Waals surface area contributed by atoms with E-state index in [1.807, 2.05) is 18.2 Å². The number of benzene rings is 1. The second kappa shape index (κ2) is 4.99. The maximum atomic E-state index is 11.8. The molecule has 0 unspecified atom stereocenters. The van der Waals surface area contributed by atoms with E-state index in [0.717, 1.165) is 24.1 Å². The first kappa shape index (κ1) is 11.0. The summed E-state index contributed by atoms with van der Waals surface area (Å²) in [5, 5.41) is 3.48. The van der Waals surface area contributed by atoms with Crippen LogP contribution in [-0.4, -0.2) is 5.91 Å². The molecule has 0 radical (unpaired) electrons. The fourth-order valence-corrected chi connectivity index (χ4v) is 1.64. The van der Waals surface area contributed by atoms with Crippen molar-refractivity contribution in [1.29, 1.82) is 0 Å². The standard InChI is InChI=1S/C13H12ClNO/c14-11-6-8-12(9-7-11)15-13(16)10-4-2-1-3-5-10/h2,4-9H,1,3H2,(H,15,16). The first-order valence-electron chi connectivity index (χ1n) is 5.19. The number of halogens is 1. The molecule has 0 spiro atoms. The Morgan fingerprint density at radius 2 is 1.94 bits per heavy atom. The number of anilines is 1. The molecule has 1 aliphatic carbocycles. The van der Waals surface area contributed by atoms with Gasteiger partial charge in [-0.3, -0.25) is 4.79 Å². The lowest BCUT2D eigenvalue weighted by Crippen LogP contribution is -2.13. The van der Waals surface area contributed by atoms with Crippen LogP contribution in [0, 0.1) is 0 Å². The van der Waals surface area contributed by atoms with Gasteiger partial charge in [0.2, 0.25) is 0 Å². The number of allylic oxidation sites excluding steroid dienone is 2. The van der Waals surface area contributed by atoms with Gasteiger partial charge in [0.25, 0.3) is 5.91 Å². The van der Waals surface area contributed by atoms with Crippen LogP contribution in [0.4, 0.5) is 5.69 Å². The van der Waals surface area contributed by atoms with E-state index in [0.29, 0.717) is 5.02 Å². The van der Waals surface area contributed by atoms with Crippen molar-refractivity contribution in [3.8, 4) is 0 Å². The molecule has 0 aliphatic heterocycles. The molecule has 1 aliphatic rings. The van der Waals surface area contributed by atoms with Gasteiger partial charge in [0.1, 0.15) is 0 Å².